The van der Waals surface area contributed by atoms with Crippen LogP contribution in [0, 0.1) is 13.8 Å². The van der Waals surface area contributed by atoms with Crippen LogP contribution in [0.4, 0.5) is 0 Å². The van der Waals surface area contributed by atoms with Crippen molar-refractivity contribution < 1.29 is 14.3 Å². The Kier molecular flexibility index (Phi) is 6.99. The Labute approximate surface area is 201 Å². The van der Waals surface area contributed by atoms with Crippen LogP contribution in [0.25, 0.3) is 10.2 Å². The topological polar surface area (TPSA) is 84.5 Å². The van der Waals surface area contributed by atoms with Crippen molar-refractivity contribution in [3.05, 3.63) is 50.4 Å². The largest absolute Gasteiger partial charge is 0.497 e. The maximum atomic E-state index is 13.3. The van der Waals surface area contributed by atoms with Crippen LogP contribution in [-0.4, -0.2) is 46.8 Å². The number of thiophene rings is 1. The van der Waals surface area contributed by atoms with Crippen LogP contribution in [-0.2, 0) is 10.5 Å². The lowest BCUT2D eigenvalue weighted by atomic mass is 10.0. The number of likely N-dealkylation sites (tertiary alicyclic amines) is 1. The van der Waals surface area contributed by atoms with Crippen LogP contribution in [0.3, 0.4) is 0 Å². The van der Waals surface area contributed by atoms with E-state index in [9.17, 15) is 9.59 Å². The molecule has 3 heterocycles. The minimum atomic E-state index is -0.261. The molecule has 1 fully saturated rings. The molecule has 176 valence electrons. The number of hydrogen-bond donors (Lipinski definition) is 1. The first kappa shape index (κ1) is 23.6. The molecule has 2 atom stereocenters. The Hall–Kier alpha value is -2.52. The maximum Gasteiger partial charge on any atom is 0.259 e. The van der Waals surface area contributed by atoms with Gasteiger partial charge in [0, 0.05) is 23.1 Å². The number of carbonyl (C=O) groups excluding carboxylic acids is 1. The number of fused-ring (bicyclic) bond motifs is 1. The smallest absolute Gasteiger partial charge is 0.259 e. The molecule has 7 nitrogen and oxygen atoms in total. The Morgan fingerprint density at radius 3 is 2.85 bits per heavy atom. The average molecular weight is 488 g/mol. The molecule has 1 aliphatic rings. The molecule has 4 rings (SSSR count). The van der Waals surface area contributed by atoms with E-state index in [0.29, 0.717) is 17.0 Å². The molecule has 9 heteroatoms. The van der Waals surface area contributed by atoms with Crippen molar-refractivity contribution in [1.82, 2.24) is 14.9 Å². The van der Waals surface area contributed by atoms with E-state index < -0.39 is 0 Å². The Morgan fingerprint density at radius 1 is 1.33 bits per heavy atom. The monoisotopic (exact) mass is 487 g/mol. The zero-order valence-corrected chi connectivity index (χ0v) is 21.2. The van der Waals surface area contributed by atoms with Gasteiger partial charge in [0.25, 0.3) is 5.56 Å². The second-order valence-corrected chi connectivity index (χ2v) is 10.8. The molecule has 1 N–H and O–H groups in total. The number of rotatable bonds is 7. The van der Waals surface area contributed by atoms with Gasteiger partial charge in [0.1, 0.15) is 22.2 Å². The molecule has 1 amide bonds. The average Bonchev–Trinajstić information content (AvgIpc) is 3.41. The molecule has 0 spiro atoms. The molecule has 2 aromatic heterocycles. The van der Waals surface area contributed by atoms with E-state index in [0.717, 1.165) is 51.7 Å². The van der Waals surface area contributed by atoms with E-state index in [4.69, 9.17) is 9.47 Å². The summed E-state index contributed by atoms with van der Waals surface area (Å²) < 4.78 is 10.9. The van der Waals surface area contributed by atoms with E-state index in [1.807, 2.05) is 43.9 Å². The van der Waals surface area contributed by atoms with Gasteiger partial charge < -0.3 is 19.4 Å². The summed E-state index contributed by atoms with van der Waals surface area (Å²) in [7, 11) is 3.26. The molecule has 33 heavy (non-hydrogen) atoms. The van der Waals surface area contributed by atoms with Crippen molar-refractivity contribution in [2.75, 3.05) is 20.8 Å². The highest BCUT2D eigenvalue weighted by atomic mass is 32.2. The molecule has 1 saturated heterocycles. The minimum absolute atomic E-state index is 0.0206. The molecule has 2 unspecified atom stereocenters. The van der Waals surface area contributed by atoms with E-state index in [-0.39, 0.29) is 22.8 Å². The van der Waals surface area contributed by atoms with Crippen molar-refractivity contribution in [3.8, 4) is 11.5 Å². The number of aromatic amines is 1. The van der Waals surface area contributed by atoms with Crippen molar-refractivity contribution >= 4 is 39.2 Å². The number of carbonyl (C=O) groups is 1. The molecule has 1 aromatic carbocycles. The van der Waals surface area contributed by atoms with Gasteiger partial charge in [-0.2, -0.15) is 0 Å². The van der Waals surface area contributed by atoms with E-state index >= 15 is 0 Å². The van der Waals surface area contributed by atoms with Crippen molar-refractivity contribution in [1.29, 1.82) is 0 Å². The first-order valence-corrected chi connectivity index (χ1v) is 12.8. The van der Waals surface area contributed by atoms with Gasteiger partial charge in [-0.15, -0.1) is 23.1 Å². The summed E-state index contributed by atoms with van der Waals surface area (Å²) in [5.74, 6) is 2.62. The Balaban J connectivity index is 1.48. The van der Waals surface area contributed by atoms with Gasteiger partial charge in [0.2, 0.25) is 5.91 Å². The number of ether oxygens (including phenoxy) is 2. The van der Waals surface area contributed by atoms with Crippen molar-refractivity contribution in [2.45, 2.75) is 50.7 Å². The van der Waals surface area contributed by atoms with Crippen molar-refractivity contribution in [2.24, 2.45) is 0 Å². The van der Waals surface area contributed by atoms with Gasteiger partial charge in [-0.1, -0.05) is 0 Å². The highest BCUT2D eigenvalue weighted by Crippen LogP contribution is 2.39. The van der Waals surface area contributed by atoms with Gasteiger partial charge in [0.05, 0.1) is 36.7 Å². The number of methoxy groups -OCH3 is 2. The van der Waals surface area contributed by atoms with Gasteiger partial charge in [-0.05, 0) is 51.3 Å². The highest BCUT2D eigenvalue weighted by Gasteiger charge is 2.34. The van der Waals surface area contributed by atoms with Gasteiger partial charge >= 0.3 is 0 Å². The lowest BCUT2D eigenvalue weighted by Crippen LogP contribution is -2.36. The summed E-state index contributed by atoms with van der Waals surface area (Å²) in [4.78, 5) is 37.2. The second kappa shape index (κ2) is 9.77. The second-order valence-electron chi connectivity index (χ2n) is 8.23. The molecule has 0 bridgehead atoms. The normalized spacial score (nSPS) is 16.9. The Bertz CT molecular complexity index is 1240. The standard InChI is InChI=1S/C24H29N3O4S2/c1-13-14(2)33-23-21(13)22(28)25-20(26-23)12-32-15(3)24(29)27-10-6-7-18(27)17-9-8-16(30-4)11-19(17)31-5/h8-9,11,15,18H,6-7,10,12H2,1-5H3,(H,25,26,28). The third-order valence-electron chi connectivity index (χ3n) is 6.24. The van der Waals surface area contributed by atoms with Crippen LogP contribution < -0.4 is 15.0 Å². The molecular weight excluding hydrogens is 458 g/mol. The van der Waals surface area contributed by atoms with Gasteiger partial charge in [0.15, 0.2) is 0 Å². The lowest BCUT2D eigenvalue weighted by molar-refractivity contribution is -0.131. The van der Waals surface area contributed by atoms with E-state index in [1.54, 1.807) is 14.2 Å². The quantitative estimate of drug-likeness (QED) is 0.524. The number of benzene rings is 1. The SMILES string of the molecule is COc1ccc(C2CCCN2C(=O)C(C)SCc2nc3sc(C)c(C)c3c(=O)[nH]2)c(OC)c1. The molecule has 1 aliphatic heterocycles. The van der Waals surface area contributed by atoms with Crippen LogP contribution >= 0.6 is 23.1 Å². The van der Waals surface area contributed by atoms with Crippen LogP contribution in [0.2, 0.25) is 0 Å². The van der Waals surface area contributed by atoms with E-state index in [2.05, 4.69) is 9.97 Å². The third-order valence-corrected chi connectivity index (χ3v) is 8.48. The summed E-state index contributed by atoms with van der Waals surface area (Å²) in [6.45, 7) is 6.59. The summed E-state index contributed by atoms with van der Waals surface area (Å²) in [6.07, 6.45) is 1.85. The summed E-state index contributed by atoms with van der Waals surface area (Å²) in [6, 6.07) is 5.73. The van der Waals surface area contributed by atoms with Gasteiger partial charge in [-0.25, -0.2) is 4.98 Å². The Morgan fingerprint density at radius 2 is 2.12 bits per heavy atom. The number of aromatic nitrogens is 2. The third kappa shape index (κ3) is 4.61. The number of H-pyrrole nitrogens is 1. The van der Waals surface area contributed by atoms with E-state index in [1.165, 1.54) is 23.1 Å². The molecular formula is C24H29N3O4S2. The molecule has 3 aromatic rings. The molecule has 0 radical (unpaired) electrons. The summed E-state index contributed by atoms with van der Waals surface area (Å²) in [5.41, 5.74) is 1.88. The van der Waals surface area contributed by atoms with Crippen LogP contribution in [0.5, 0.6) is 11.5 Å². The highest BCUT2D eigenvalue weighted by molar-refractivity contribution is 7.99. The number of nitrogens with zero attached hydrogens (tertiary/aromatic N) is 2. The van der Waals surface area contributed by atoms with Crippen molar-refractivity contribution in [3.63, 3.8) is 0 Å². The number of hydrogen-bond acceptors (Lipinski definition) is 7. The fraction of sp³-hybridized carbons (Fsp3) is 0.458. The number of aryl methyl sites for hydroxylation is 2. The predicted molar refractivity (Wildman–Crippen MR) is 134 cm³/mol. The fourth-order valence-corrected chi connectivity index (χ4v) is 6.20. The zero-order valence-electron chi connectivity index (χ0n) is 19.6. The predicted octanol–water partition coefficient (Wildman–Crippen LogP) is 4.60. The number of nitrogens with one attached hydrogen (secondary N) is 1. The fourth-order valence-electron chi connectivity index (χ4n) is 4.32. The lowest BCUT2D eigenvalue weighted by Gasteiger charge is -2.28. The molecule has 0 aliphatic carbocycles. The van der Waals surface area contributed by atoms with Crippen LogP contribution in [0.1, 0.15) is 47.6 Å². The summed E-state index contributed by atoms with van der Waals surface area (Å²) >= 11 is 3.03. The number of amides is 1. The van der Waals surface area contributed by atoms with Gasteiger partial charge in [-0.3, -0.25) is 9.59 Å². The van der Waals surface area contributed by atoms with Crippen LogP contribution in [0.15, 0.2) is 23.0 Å². The maximum absolute atomic E-state index is 13.3. The number of thioether (sulfide) groups is 1. The first-order chi connectivity index (χ1) is 15.8. The minimum Gasteiger partial charge on any atom is -0.497 e. The molecule has 0 saturated carbocycles. The first-order valence-electron chi connectivity index (χ1n) is 11.0. The summed E-state index contributed by atoms with van der Waals surface area (Å²) in [5, 5.41) is 0.409. The zero-order chi connectivity index (χ0) is 23.7.